The van der Waals surface area contributed by atoms with Gasteiger partial charge in [-0.25, -0.2) is 4.98 Å². The predicted octanol–water partition coefficient (Wildman–Crippen LogP) is 2.00. The lowest BCUT2D eigenvalue weighted by Gasteiger charge is -2.18. The van der Waals surface area contributed by atoms with Crippen LogP contribution >= 0.6 is 0 Å². The number of imidazole rings is 1. The molecule has 3 rings (SSSR count). The van der Waals surface area contributed by atoms with Crippen LogP contribution in [0.25, 0.3) is 11.0 Å². The van der Waals surface area contributed by atoms with Crippen LogP contribution in [0.2, 0.25) is 0 Å². The fourth-order valence-corrected chi connectivity index (χ4v) is 2.58. The molecule has 0 radical (unpaired) electrons. The van der Waals surface area contributed by atoms with Crippen molar-refractivity contribution in [1.82, 2.24) is 14.9 Å². The van der Waals surface area contributed by atoms with Crippen LogP contribution in [0, 0.1) is 5.41 Å². The molecule has 1 aliphatic carbocycles. The van der Waals surface area contributed by atoms with Crippen LogP contribution in [-0.4, -0.2) is 27.8 Å². The number of aliphatic hydroxyl groups is 1. The van der Waals surface area contributed by atoms with E-state index in [1.54, 1.807) is 0 Å². The fourth-order valence-electron chi connectivity index (χ4n) is 2.58. The van der Waals surface area contributed by atoms with Gasteiger partial charge in [-0.1, -0.05) is 12.1 Å². The number of rotatable bonds is 5. The van der Waals surface area contributed by atoms with E-state index in [0.29, 0.717) is 0 Å². The van der Waals surface area contributed by atoms with Gasteiger partial charge in [-0.3, -0.25) is 0 Å². The molecule has 0 spiro atoms. The Kier molecular flexibility index (Phi) is 3.07. The van der Waals surface area contributed by atoms with Crippen molar-refractivity contribution in [2.24, 2.45) is 12.5 Å². The maximum Gasteiger partial charge on any atom is 0.126 e. The summed E-state index contributed by atoms with van der Waals surface area (Å²) in [7, 11) is 2.06. The molecule has 1 saturated carbocycles. The molecular formula is C15H21N3O. The number of aromatic nitrogens is 2. The van der Waals surface area contributed by atoms with Crippen LogP contribution in [0.15, 0.2) is 24.3 Å². The van der Waals surface area contributed by atoms with Gasteiger partial charge in [0.1, 0.15) is 5.82 Å². The molecule has 1 aromatic carbocycles. The van der Waals surface area contributed by atoms with Gasteiger partial charge in [-0.05, 0) is 31.9 Å². The number of nitrogens with zero attached hydrogens (tertiary/aromatic N) is 2. The molecule has 1 aromatic heterocycles. The molecule has 1 aliphatic rings. The zero-order valence-corrected chi connectivity index (χ0v) is 11.6. The van der Waals surface area contributed by atoms with Gasteiger partial charge in [0.2, 0.25) is 0 Å². The summed E-state index contributed by atoms with van der Waals surface area (Å²) in [4.78, 5) is 4.70. The Morgan fingerprint density at radius 3 is 2.79 bits per heavy atom. The second-order valence-electron chi connectivity index (χ2n) is 5.78. The molecule has 0 bridgehead atoms. The Hall–Kier alpha value is -1.39. The Labute approximate surface area is 113 Å². The standard InChI is InChI=1S/C15H21N3O/c1-11(16-9-15(10-19)7-8-15)14-17-12-5-3-4-6-13(12)18(14)2/h3-6,11,16,19H,7-10H2,1-2H3. The molecule has 1 unspecified atom stereocenters. The van der Waals surface area contributed by atoms with Crippen LogP contribution < -0.4 is 5.32 Å². The minimum Gasteiger partial charge on any atom is -0.396 e. The minimum atomic E-state index is 0.138. The van der Waals surface area contributed by atoms with Gasteiger partial charge in [0, 0.05) is 25.6 Å². The van der Waals surface area contributed by atoms with E-state index in [2.05, 4.69) is 29.9 Å². The van der Waals surface area contributed by atoms with E-state index in [9.17, 15) is 5.11 Å². The lowest BCUT2D eigenvalue weighted by atomic mass is 10.1. The second kappa shape index (κ2) is 4.62. The third kappa shape index (κ3) is 2.26. The van der Waals surface area contributed by atoms with E-state index in [1.165, 1.54) is 0 Å². The van der Waals surface area contributed by atoms with Crippen LogP contribution in [0.5, 0.6) is 0 Å². The SMILES string of the molecule is CC(NCC1(CO)CC1)c1nc2ccccc2n1C. The molecule has 102 valence electrons. The summed E-state index contributed by atoms with van der Waals surface area (Å²) >= 11 is 0. The summed E-state index contributed by atoms with van der Waals surface area (Å²) in [6.07, 6.45) is 2.26. The van der Waals surface area contributed by atoms with Crippen LogP contribution in [0.1, 0.15) is 31.6 Å². The largest absolute Gasteiger partial charge is 0.396 e. The van der Waals surface area contributed by atoms with E-state index in [-0.39, 0.29) is 18.1 Å². The van der Waals surface area contributed by atoms with Crippen molar-refractivity contribution < 1.29 is 5.11 Å². The first-order valence-electron chi connectivity index (χ1n) is 6.91. The zero-order valence-electron chi connectivity index (χ0n) is 11.6. The highest BCUT2D eigenvalue weighted by molar-refractivity contribution is 5.75. The third-order valence-corrected chi connectivity index (χ3v) is 4.28. The van der Waals surface area contributed by atoms with Crippen molar-refractivity contribution in [3.05, 3.63) is 30.1 Å². The quantitative estimate of drug-likeness (QED) is 0.863. The van der Waals surface area contributed by atoms with Crippen molar-refractivity contribution in [3.63, 3.8) is 0 Å². The minimum absolute atomic E-state index is 0.138. The van der Waals surface area contributed by atoms with E-state index in [4.69, 9.17) is 4.98 Å². The number of aliphatic hydroxyl groups excluding tert-OH is 1. The fraction of sp³-hybridized carbons (Fsp3) is 0.533. The highest BCUT2D eigenvalue weighted by atomic mass is 16.3. The lowest BCUT2D eigenvalue weighted by Crippen LogP contribution is -2.30. The van der Waals surface area contributed by atoms with Crippen molar-refractivity contribution in [3.8, 4) is 0 Å². The van der Waals surface area contributed by atoms with E-state index in [0.717, 1.165) is 36.2 Å². The highest BCUT2D eigenvalue weighted by Crippen LogP contribution is 2.44. The number of hydrogen-bond donors (Lipinski definition) is 2. The molecule has 0 saturated heterocycles. The van der Waals surface area contributed by atoms with Gasteiger partial charge in [-0.2, -0.15) is 0 Å². The summed E-state index contributed by atoms with van der Waals surface area (Å²) in [6, 6.07) is 8.39. The smallest absolute Gasteiger partial charge is 0.126 e. The highest BCUT2D eigenvalue weighted by Gasteiger charge is 2.41. The number of aryl methyl sites for hydroxylation is 1. The van der Waals surface area contributed by atoms with Crippen molar-refractivity contribution >= 4 is 11.0 Å². The first kappa shape index (κ1) is 12.6. The summed E-state index contributed by atoms with van der Waals surface area (Å²) in [5.74, 6) is 1.05. The number of benzene rings is 1. The topological polar surface area (TPSA) is 50.1 Å². The maximum absolute atomic E-state index is 9.35. The molecule has 4 heteroatoms. The summed E-state index contributed by atoms with van der Waals surface area (Å²) < 4.78 is 2.14. The van der Waals surface area contributed by atoms with Crippen LogP contribution in [-0.2, 0) is 7.05 Å². The molecule has 1 fully saturated rings. The summed E-state index contributed by atoms with van der Waals surface area (Å²) in [5, 5.41) is 12.9. The normalized spacial score (nSPS) is 18.7. The number of hydrogen-bond acceptors (Lipinski definition) is 3. The Morgan fingerprint density at radius 2 is 2.16 bits per heavy atom. The molecule has 0 amide bonds. The van der Waals surface area contributed by atoms with Gasteiger partial charge in [0.25, 0.3) is 0 Å². The molecular weight excluding hydrogens is 238 g/mol. The van der Waals surface area contributed by atoms with Crippen molar-refractivity contribution in [2.75, 3.05) is 13.2 Å². The van der Waals surface area contributed by atoms with Crippen molar-refractivity contribution in [1.29, 1.82) is 0 Å². The van der Waals surface area contributed by atoms with Crippen molar-refractivity contribution in [2.45, 2.75) is 25.8 Å². The number of nitrogens with one attached hydrogen (secondary N) is 1. The number of para-hydroxylation sites is 2. The molecule has 1 heterocycles. The van der Waals surface area contributed by atoms with Gasteiger partial charge >= 0.3 is 0 Å². The Bertz CT molecular complexity index is 586. The molecule has 2 N–H and O–H groups in total. The van der Waals surface area contributed by atoms with Crippen LogP contribution in [0.4, 0.5) is 0 Å². The number of fused-ring (bicyclic) bond motifs is 1. The Morgan fingerprint density at radius 1 is 1.42 bits per heavy atom. The molecule has 2 aromatic rings. The lowest BCUT2D eigenvalue weighted by molar-refractivity contribution is 0.204. The molecule has 19 heavy (non-hydrogen) atoms. The Balaban J connectivity index is 1.77. The monoisotopic (exact) mass is 259 g/mol. The molecule has 1 atom stereocenters. The zero-order chi connectivity index (χ0) is 13.5. The summed E-state index contributed by atoms with van der Waals surface area (Å²) in [5.41, 5.74) is 2.34. The predicted molar refractivity (Wildman–Crippen MR) is 75.9 cm³/mol. The van der Waals surface area contributed by atoms with Gasteiger partial charge in [0.05, 0.1) is 17.1 Å². The first-order valence-corrected chi connectivity index (χ1v) is 6.91. The average molecular weight is 259 g/mol. The molecule has 4 nitrogen and oxygen atoms in total. The summed E-state index contributed by atoms with van der Waals surface area (Å²) in [6.45, 7) is 3.29. The maximum atomic E-state index is 9.35. The second-order valence-corrected chi connectivity index (χ2v) is 5.78. The van der Waals surface area contributed by atoms with E-state index < -0.39 is 0 Å². The van der Waals surface area contributed by atoms with Gasteiger partial charge in [0.15, 0.2) is 0 Å². The van der Waals surface area contributed by atoms with Crippen LogP contribution in [0.3, 0.4) is 0 Å². The molecule has 0 aliphatic heterocycles. The van der Waals surface area contributed by atoms with Gasteiger partial charge in [-0.15, -0.1) is 0 Å². The first-order chi connectivity index (χ1) is 9.15. The third-order valence-electron chi connectivity index (χ3n) is 4.28. The van der Waals surface area contributed by atoms with Gasteiger partial charge < -0.3 is 15.0 Å². The van der Waals surface area contributed by atoms with E-state index in [1.807, 2.05) is 18.2 Å². The average Bonchev–Trinajstić information content (AvgIpc) is 3.15. The van der Waals surface area contributed by atoms with E-state index >= 15 is 0 Å².